The van der Waals surface area contributed by atoms with Crippen molar-refractivity contribution in [2.45, 2.75) is 56.4 Å². The molecule has 0 bridgehead atoms. The summed E-state index contributed by atoms with van der Waals surface area (Å²) < 4.78 is 5.46. The second-order valence-corrected chi connectivity index (χ2v) is 6.51. The average molecular weight is 283 g/mol. The third-order valence-electron chi connectivity index (χ3n) is 5.07. The fourth-order valence-corrected chi connectivity index (χ4v) is 3.60. The summed E-state index contributed by atoms with van der Waals surface area (Å²) in [6, 6.07) is 8.73. The molecule has 1 atom stereocenters. The molecule has 110 valence electrons. The molecule has 2 aromatic rings. The van der Waals surface area contributed by atoms with Crippen LogP contribution >= 0.6 is 0 Å². The third kappa shape index (κ3) is 2.27. The number of hydrogen-bond acceptors (Lipinski definition) is 4. The van der Waals surface area contributed by atoms with Gasteiger partial charge in [0.05, 0.1) is 5.54 Å². The number of fused-ring (bicyclic) bond motifs is 1. The molecule has 0 radical (unpaired) electrons. The lowest BCUT2D eigenvalue weighted by molar-refractivity contribution is 0.228. The summed E-state index contributed by atoms with van der Waals surface area (Å²) in [5.74, 6) is 1.94. The first-order valence-electron chi connectivity index (χ1n) is 7.94. The first kappa shape index (κ1) is 13.0. The normalized spacial score (nSPS) is 23.4. The highest BCUT2D eigenvalue weighted by molar-refractivity contribution is 5.33. The van der Waals surface area contributed by atoms with E-state index in [0.717, 1.165) is 31.6 Å². The Morgan fingerprint density at radius 2 is 2.10 bits per heavy atom. The van der Waals surface area contributed by atoms with Crippen molar-refractivity contribution in [3.63, 3.8) is 0 Å². The zero-order valence-electron chi connectivity index (χ0n) is 12.2. The maximum absolute atomic E-state index is 6.26. The van der Waals surface area contributed by atoms with Crippen LogP contribution in [0.5, 0.6) is 0 Å². The van der Waals surface area contributed by atoms with Gasteiger partial charge in [0.2, 0.25) is 5.89 Å². The van der Waals surface area contributed by atoms with Crippen LogP contribution in [0.4, 0.5) is 0 Å². The van der Waals surface area contributed by atoms with Gasteiger partial charge in [0.1, 0.15) is 0 Å². The predicted octanol–water partition coefficient (Wildman–Crippen LogP) is 3.07. The molecule has 1 fully saturated rings. The molecule has 21 heavy (non-hydrogen) atoms. The average Bonchev–Trinajstić information content (AvgIpc) is 2.94. The largest absolute Gasteiger partial charge is 0.339 e. The van der Waals surface area contributed by atoms with Crippen LogP contribution in [0.1, 0.15) is 60.9 Å². The zero-order valence-corrected chi connectivity index (χ0v) is 12.2. The van der Waals surface area contributed by atoms with E-state index in [0.29, 0.717) is 11.7 Å². The Labute approximate surface area is 124 Å². The van der Waals surface area contributed by atoms with Gasteiger partial charge in [0.15, 0.2) is 5.82 Å². The van der Waals surface area contributed by atoms with Crippen molar-refractivity contribution in [1.29, 1.82) is 0 Å². The summed E-state index contributed by atoms with van der Waals surface area (Å²) in [6.07, 6.45) is 7.56. The van der Waals surface area contributed by atoms with Gasteiger partial charge in [0, 0.05) is 6.42 Å². The molecule has 4 heteroatoms. The minimum Gasteiger partial charge on any atom is -0.339 e. The topological polar surface area (TPSA) is 64.9 Å². The molecule has 1 heterocycles. The quantitative estimate of drug-likeness (QED) is 0.940. The zero-order chi connectivity index (χ0) is 14.3. The Morgan fingerprint density at radius 1 is 1.24 bits per heavy atom. The maximum Gasteiger partial charge on any atom is 0.227 e. The SMILES string of the molecule is NC1(c2noc(CC3CCCc4ccccc43)n2)CCC1. The monoisotopic (exact) mass is 283 g/mol. The van der Waals surface area contributed by atoms with Crippen LogP contribution in [0, 0.1) is 0 Å². The summed E-state index contributed by atoms with van der Waals surface area (Å²) in [4.78, 5) is 4.57. The second-order valence-electron chi connectivity index (χ2n) is 6.51. The van der Waals surface area contributed by atoms with E-state index in [1.54, 1.807) is 0 Å². The molecule has 2 aliphatic rings. The molecular weight excluding hydrogens is 262 g/mol. The van der Waals surface area contributed by atoms with Crippen molar-refractivity contribution >= 4 is 0 Å². The fourth-order valence-electron chi connectivity index (χ4n) is 3.60. The number of hydrogen-bond donors (Lipinski definition) is 1. The number of rotatable bonds is 3. The molecule has 0 saturated heterocycles. The molecule has 1 saturated carbocycles. The summed E-state index contributed by atoms with van der Waals surface area (Å²) in [7, 11) is 0. The van der Waals surface area contributed by atoms with Crippen molar-refractivity contribution in [1.82, 2.24) is 10.1 Å². The van der Waals surface area contributed by atoms with E-state index in [9.17, 15) is 0 Å². The van der Waals surface area contributed by atoms with E-state index in [1.807, 2.05) is 0 Å². The van der Waals surface area contributed by atoms with Gasteiger partial charge in [-0.1, -0.05) is 29.4 Å². The van der Waals surface area contributed by atoms with Crippen molar-refractivity contribution < 1.29 is 4.52 Å². The number of aryl methyl sites for hydroxylation is 1. The van der Waals surface area contributed by atoms with Crippen LogP contribution in [-0.4, -0.2) is 10.1 Å². The minimum absolute atomic E-state index is 0.327. The summed E-state index contributed by atoms with van der Waals surface area (Å²) in [6.45, 7) is 0. The van der Waals surface area contributed by atoms with Crippen LogP contribution in [0.15, 0.2) is 28.8 Å². The molecule has 4 rings (SSSR count). The summed E-state index contributed by atoms with van der Waals surface area (Å²) in [5.41, 5.74) is 8.86. The number of aromatic nitrogens is 2. The highest BCUT2D eigenvalue weighted by Gasteiger charge is 2.39. The molecule has 2 aliphatic carbocycles. The Bertz CT molecular complexity index is 645. The van der Waals surface area contributed by atoms with E-state index in [-0.39, 0.29) is 5.54 Å². The van der Waals surface area contributed by atoms with Crippen LogP contribution in [-0.2, 0) is 18.4 Å². The third-order valence-corrected chi connectivity index (χ3v) is 5.07. The van der Waals surface area contributed by atoms with Crippen LogP contribution < -0.4 is 5.73 Å². The first-order chi connectivity index (χ1) is 10.2. The van der Waals surface area contributed by atoms with Gasteiger partial charge in [-0.15, -0.1) is 0 Å². The molecule has 1 aromatic carbocycles. The van der Waals surface area contributed by atoms with Gasteiger partial charge in [-0.3, -0.25) is 0 Å². The smallest absolute Gasteiger partial charge is 0.227 e. The lowest BCUT2D eigenvalue weighted by Crippen LogP contribution is -2.44. The fraction of sp³-hybridized carbons (Fsp3) is 0.529. The Balaban J connectivity index is 1.54. The number of benzene rings is 1. The number of nitrogens with zero attached hydrogens (tertiary/aromatic N) is 2. The van der Waals surface area contributed by atoms with Gasteiger partial charge in [0.25, 0.3) is 0 Å². The molecule has 0 spiro atoms. The maximum atomic E-state index is 6.26. The van der Waals surface area contributed by atoms with E-state index in [4.69, 9.17) is 10.3 Å². The van der Waals surface area contributed by atoms with Gasteiger partial charge >= 0.3 is 0 Å². The van der Waals surface area contributed by atoms with E-state index in [1.165, 1.54) is 30.4 Å². The van der Waals surface area contributed by atoms with Crippen molar-refractivity contribution in [3.8, 4) is 0 Å². The number of nitrogens with two attached hydrogens (primary N) is 1. The van der Waals surface area contributed by atoms with Gasteiger partial charge < -0.3 is 10.3 Å². The molecule has 1 aromatic heterocycles. The van der Waals surface area contributed by atoms with E-state index in [2.05, 4.69) is 34.4 Å². The van der Waals surface area contributed by atoms with Crippen molar-refractivity contribution in [2.75, 3.05) is 0 Å². The molecule has 2 N–H and O–H groups in total. The second kappa shape index (κ2) is 4.95. The first-order valence-corrected chi connectivity index (χ1v) is 7.94. The Kier molecular flexibility index (Phi) is 3.07. The van der Waals surface area contributed by atoms with E-state index < -0.39 is 0 Å². The molecule has 1 unspecified atom stereocenters. The summed E-state index contributed by atoms with van der Waals surface area (Å²) in [5, 5.41) is 4.12. The molecular formula is C17H21N3O. The highest BCUT2D eigenvalue weighted by atomic mass is 16.5. The molecule has 4 nitrogen and oxygen atoms in total. The van der Waals surface area contributed by atoms with Crippen molar-refractivity contribution in [3.05, 3.63) is 47.1 Å². The lowest BCUT2D eigenvalue weighted by atomic mass is 9.77. The minimum atomic E-state index is -0.327. The standard InChI is InChI=1S/C17H21N3O/c18-17(9-4-10-17)16-19-15(21-20-16)11-13-7-3-6-12-5-1-2-8-14(12)13/h1-2,5,8,13H,3-4,6-7,9-11,18H2. The van der Waals surface area contributed by atoms with Crippen LogP contribution in [0.2, 0.25) is 0 Å². The lowest BCUT2D eigenvalue weighted by Gasteiger charge is -2.34. The Morgan fingerprint density at radius 3 is 2.90 bits per heavy atom. The van der Waals surface area contributed by atoms with Crippen molar-refractivity contribution in [2.24, 2.45) is 5.73 Å². The summed E-state index contributed by atoms with van der Waals surface area (Å²) >= 11 is 0. The predicted molar refractivity (Wildman–Crippen MR) is 79.8 cm³/mol. The molecule has 0 amide bonds. The van der Waals surface area contributed by atoms with Gasteiger partial charge in [-0.05, 0) is 55.6 Å². The van der Waals surface area contributed by atoms with Gasteiger partial charge in [-0.2, -0.15) is 4.98 Å². The van der Waals surface area contributed by atoms with E-state index >= 15 is 0 Å². The highest BCUT2D eigenvalue weighted by Crippen LogP contribution is 2.38. The molecule has 0 aliphatic heterocycles. The van der Waals surface area contributed by atoms with Gasteiger partial charge in [-0.25, -0.2) is 0 Å². The van der Waals surface area contributed by atoms with Crippen LogP contribution in [0.25, 0.3) is 0 Å². The van der Waals surface area contributed by atoms with Crippen LogP contribution in [0.3, 0.4) is 0 Å². The Hall–Kier alpha value is -1.68.